The fourth-order valence-electron chi connectivity index (χ4n) is 1.64. The summed E-state index contributed by atoms with van der Waals surface area (Å²) in [5, 5.41) is 2.83. The van der Waals surface area contributed by atoms with Crippen molar-refractivity contribution in [1.82, 2.24) is 5.32 Å². The van der Waals surface area contributed by atoms with Gasteiger partial charge < -0.3 is 20.2 Å². The second-order valence-corrected chi connectivity index (χ2v) is 5.31. The molecular weight excluding hydrogens is 232 g/mol. The highest BCUT2D eigenvalue weighted by Crippen LogP contribution is 2.21. The lowest BCUT2D eigenvalue weighted by Gasteiger charge is -2.29. The smallest absolute Gasteiger partial charge is 0.254 e. The molecule has 0 spiro atoms. The second-order valence-electron chi connectivity index (χ2n) is 5.31. The van der Waals surface area contributed by atoms with Gasteiger partial charge in [0.15, 0.2) is 0 Å². The lowest BCUT2D eigenvalue weighted by molar-refractivity contribution is 0.0176. The van der Waals surface area contributed by atoms with Crippen LogP contribution in [0.5, 0.6) is 0 Å². The highest BCUT2D eigenvalue weighted by molar-refractivity contribution is 5.93. The summed E-state index contributed by atoms with van der Waals surface area (Å²) in [5.41, 5.74) is 5.88. The van der Waals surface area contributed by atoms with Crippen molar-refractivity contribution >= 4 is 5.91 Å². The summed E-state index contributed by atoms with van der Waals surface area (Å²) >= 11 is 0. The van der Waals surface area contributed by atoms with E-state index < -0.39 is 0 Å². The summed E-state index contributed by atoms with van der Waals surface area (Å²) in [5.74, 6) is 0.420. The Hall–Kier alpha value is -1.33. The first kappa shape index (κ1) is 14.7. The molecule has 1 rings (SSSR count). The molecule has 0 bridgehead atoms. The van der Waals surface area contributed by atoms with E-state index in [1.54, 1.807) is 13.2 Å². The number of carbonyl (C=O) groups is 1. The zero-order valence-corrected chi connectivity index (χ0v) is 11.4. The summed E-state index contributed by atoms with van der Waals surface area (Å²) < 4.78 is 10.5. The second kappa shape index (κ2) is 6.02. The predicted molar refractivity (Wildman–Crippen MR) is 69.2 cm³/mol. The van der Waals surface area contributed by atoms with Gasteiger partial charge in [-0.3, -0.25) is 4.79 Å². The standard InChI is InChI=1S/C13H22N2O3/c1-13(2,3)11(17-4)7-15-12(16)9-5-10(6-14)18-8-9/h5,8,11H,6-7,14H2,1-4H3,(H,15,16). The Morgan fingerprint density at radius 2 is 2.22 bits per heavy atom. The molecule has 1 unspecified atom stereocenters. The quantitative estimate of drug-likeness (QED) is 0.835. The number of carbonyl (C=O) groups excluding carboxylic acids is 1. The van der Waals surface area contributed by atoms with Gasteiger partial charge in [0.2, 0.25) is 0 Å². The van der Waals surface area contributed by atoms with Gasteiger partial charge in [0.25, 0.3) is 5.91 Å². The van der Waals surface area contributed by atoms with Crippen molar-refractivity contribution in [3.05, 3.63) is 23.7 Å². The van der Waals surface area contributed by atoms with Gasteiger partial charge in [-0.25, -0.2) is 0 Å². The van der Waals surface area contributed by atoms with Crippen LogP contribution in [0.1, 0.15) is 36.9 Å². The Balaban J connectivity index is 2.55. The minimum absolute atomic E-state index is 0.0269. The number of furan rings is 1. The topological polar surface area (TPSA) is 77.5 Å². The number of nitrogens with two attached hydrogens (primary N) is 1. The molecule has 0 aliphatic heterocycles. The van der Waals surface area contributed by atoms with Crippen LogP contribution < -0.4 is 11.1 Å². The molecule has 0 aromatic carbocycles. The number of hydrogen-bond donors (Lipinski definition) is 2. The third-order valence-electron chi connectivity index (χ3n) is 2.82. The van der Waals surface area contributed by atoms with E-state index >= 15 is 0 Å². The molecule has 1 amide bonds. The molecule has 1 aromatic rings. The van der Waals surface area contributed by atoms with E-state index in [0.717, 1.165) is 0 Å². The molecule has 0 saturated carbocycles. The Kier molecular flexibility index (Phi) is 4.93. The summed E-state index contributed by atoms with van der Waals surface area (Å²) in [7, 11) is 1.65. The molecular formula is C13H22N2O3. The van der Waals surface area contributed by atoms with Crippen molar-refractivity contribution in [2.45, 2.75) is 33.4 Å². The average molecular weight is 254 g/mol. The number of ether oxygens (including phenoxy) is 1. The first-order valence-corrected chi connectivity index (χ1v) is 5.97. The van der Waals surface area contributed by atoms with Crippen molar-refractivity contribution in [1.29, 1.82) is 0 Å². The van der Waals surface area contributed by atoms with Gasteiger partial charge in [0.05, 0.1) is 18.2 Å². The maximum Gasteiger partial charge on any atom is 0.254 e. The molecule has 0 radical (unpaired) electrons. The van der Waals surface area contributed by atoms with E-state index in [4.69, 9.17) is 14.9 Å². The lowest BCUT2D eigenvalue weighted by atomic mass is 9.89. The minimum Gasteiger partial charge on any atom is -0.467 e. The van der Waals surface area contributed by atoms with Crippen LogP contribution in [0.25, 0.3) is 0 Å². The highest BCUT2D eigenvalue weighted by Gasteiger charge is 2.25. The fraction of sp³-hybridized carbons (Fsp3) is 0.615. The molecule has 0 aliphatic rings. The predicted octanol–water partition coefficient (Wildman–Crippen LogP) is 1.53. The van der Waals surface area contributed by atoms with Crippen LogP contribution in [-0.4, -0.2) is 25.7 Å². The van der Waals surface area contributed by atoms with Crippen molar-refractivity contribution < 1.29 is 13.9 Å². The van der Waals surface area contributed by atoms with Crippen molar-refractivity contribution in [2.75, 3.05) is 13.7 Å². The summed E-state index contributed by atoms with van der Waals surface area (Å²) in [6.07, 6.45) is 1.37. The molecule has 1 aromatic heterocycles. The number of rotatable bonds is 5. The number of amides is 1. The zero-order valence-electron chi connectivity index (χ0n) is 11.4. The third kappa shape index (κ3) is 3.85. The van der Waals surface area contributed by atoms with Gasteiger partial charge in [-0.15, -0.1) is 0 Å². The van der Waals surface area contributed by atoms with Crippen LogP contribution in [0.2, 0.25) is 0 Å². The Morgan fingerprint density at radius 1 is 1.56 bits per heavy atom. The Labute approximate surface area is 108 Å². The molecule has 5 heteroatoms. The largest absolute Gasteiger partial charge is 0.467 e. The van der Waals surface area contributed by atoms with Gasteiger partial charge in [0, 0.05) is 13.7 Å². The van der Waals surface area contributed by atoms with Crippen molar-refractivity contribution in [3.8, 4) is 0 Å². The van der Waals surface area contributed by atoms with Crippen LogP contribution >= 0.6 is 0 Å². The monoisotopic (exact) mass is 254 g/mol. The molecule has 0 saturated heterocycles. The Morgan fingerprint density at radius 3 is 2.67 bits per heavy atom. The van der Waals surface area contributed by atoms with E-state index in [1.165, 1.54) is 6.26 Å². The van der Waals surface area contributed by atoms with Crippen molar-refractivity contribution in [3.63, 3.8) is 0 Å². The maximum absolute atomic E-state index is 11.9. The first-order chi connectivity index (χ1) is 8.38. The molecule has 3 N–H and O–H groups in total. The molecule has 1 heterocycles. The van der Waals surface area contributed by atoms with E-state index in [-0.39, 0.29) is 24.0 Å². The number of nitrogens with one attached hydrogen (secondary N) is 1. The third-order valence-corrected chi connectivity index (χ3v) is 2.82. The normalized spacial score (nSPS) is 13.4. The SMILES string of the molecule is COC(CNC(=O)c1coc(CN)c1)C(C)(C)C. The van der Waals surface area contributed by atoms with Crippen molar-refractivity contribution in [2.24, 2.45) is 11.1 Å². The minimum atomic E-state index is -0.176. The zero-order chi connectivity index (χ0) is 13.8. The number of hydrogen-bond acceptors (Lipinski definition) is 4. The molecule has 1 atom stereocenters. The van der Waals surface area contributed by atoms with E-state index in [1.807, 2.05) is 0 Å². The molecule has 0 aliphatic carbocycles. The van der Waals surface area contributed by atoms with Crippen LogP contribution in [0.15, 0.2) is 16.7 Å². The highest BCUT2D eigenvalue weighted by atomic mass is 16.5. The number of methoxy groups -OCH3 is 1. The first-order valence-electron chi connectivity index (χ1n) is 5.97. The van der Waals surface area contributed by atoms with Gasteiger partial charge in [-0.1, -0.05) is 20.8 Å². The summed E-state index contributed by atoms with van der Waals surface area (Å²) in [4.78, 5) is 11.9. The van der Waals surface area contributed by atoms with Crippen LogP contribution in [-0.2, 0) is 11.3 Å². The maximum atomic E-state index is 11.9. The Bertz CT molecular complexity index is 393. The van der Waals surface area contributed by atoms with Gasteiger partial charge >= 0.3 is 0 Å². The van der Waals surface area contributed by atoms with E-state index in [0.29, 0.717) is 17.9 Å². The van der Waals surface area contributed by atoms with Crippen LogP contribution in [0.3, 0.4) is 0 Å². The molecule has 0 fully saturated rings. The lowest BCUT2D eigenvalue weighted by Crippen LogP contribution is -2.40. The molecule has 5 nitrogen and oxygen atoms in total. The summed E-state index contributed by atoms with van der Waals surface area (Å²) in [6, 6.07) is 1.65. The summed E-state index contributed by atoms with van der Waals surface area (Å²) in [6.45, 7) is 6.95. The van der Waals surface area contributed by atoms with Crippen LogP contribution in [0, 0.1) is 5.41 Å². The average Bonchev–Trinajstić information content (AvgIpc) is 2.76. The van der Waals surface area contributed by atoms with Gasteiger partial charge in [-0.05, 0) is 11.5 Å². The molecule has 18 heavy (non-hydrogen) atoms. The van der Waals surface area contributed by atoms with E-state index in [9.17, 15) is 4.79 Å². The van der Waals surface area contributed by atoms with Gasteiger partial charge in [0.1, 0.15) is 12.0 Å². The van der Waals surface area contributed by atoms with Gasteiger partial charge in [-0.2, -0.15) is 0 Å². The molecule has 102 valence electrons. The van der Waals surface area contributed by atoms with E-state index in [2.05, 4.69) is 26.1 Å². The van der Waals surface area contributed by atoms with Crippen LogP contribution in [0.4, 0.5) is 0 Å². The fourth-order valence-corrected chi connectivity index (χ4v) is 1.64.